The molecule has 2 N–H and O–H groups in total. The highest BCUT2D eigenvalue weighted by Gasteiger charge is 2.37. The van der Waals surface area contributed by atoms with Gasteiger partial charge in [0.2, 0.25) is 0 Å². The Labute approximate surface area is 79.0 Å². The van der Waals surface area contributed by atoms with Gasteiger partial charge in [-0.3, -0.25) is 4.79 Å². The Kier molecular flexibility index (Phi) is 5.47. The largest absolute Gasteiger partial charge is 0.465 e. The van der Waals surface area contributed by atoms with Crippen molar-refractivity contribution in [3.05, 3.63) is 0 Å². The molecule has 0 radical (unpaired) electrons. The molecule has 7 heteroatoms. The highest BCUT2D eigenvalue weighted by atomic mass is 19.4. The van der Waals surface area contributed by atoms with Gasteiger partial charge in [0, 0.05) is 6.54 Å². The van der Waals surface area contributed by atoms with Crippen molar-refractivity contribution in [1.29, 1.82) is 0 Å². The molecule has 4 nitrogen and oxygen atoms in total. The molecule has 0 aromatic heterocycles. The molecule has 0 aromatic carbocycles. The van der Waals surface area contributed by atoms with E-state index in [1.54, 1.807) is 6.92 Å². The zero-order chi connectivity index (χ0) is 11.2. The fourth-order valence-corrected chi connectivity index (χ4v) is 0.639. The number of alkyl halides is 3. The van der Waals surface area contributed by atoms with Crippen LogP contribution in [-0.4, -0.2) is 43.1 Å². The van der Waals surface area contributed by atoms with Crippen molar-refractivity contribution < 1.29 is 27.8 Å². The van der Waals surface area contributed by atoms with E-state index < -0.39 is 24.8 Å². The molecule has 14 heavy (non-hydrogen) atoms. The lowest BCUT2D eigenvalue weighted by Gasteiger charge is -2.14. The zero-order valence-corrected chi connectivity index (χ0v) is 7.60. The molecule has 1 atom stereocenters. The maximum atomic E-state index is 11.7. The first-order chi connectivity index (χ1) is 6.38. The van der Waals surface area contributed by atoms with E-state index in [1.165, 1.54) is 0 Å². The van der Waals surface area contributed by atoms with Crippen LogP contribution in [0.1, 0.15) is 6.92 Å². The number of ether oxygens (including phenoxy) is 1. The average molecular weight is 215 g/mol. The van der Waals surface area contributed by atoms with Gasteiger partial charge >= 0.3 is 12.1 Å². The first-order valence-corrected chi connectivity index (χ1v) is 3.99. The molecular formula is C7H12F3NO3. The summed E-state index contributed by atoms with van der Waals surface area (Å²) >= 11 is 0. The summed E-state index contributed by atoms with van der Waals surface area (Å²) in [6.45, 7) is 0.689. The highest BCUT2D eigenvalue weighted by molar-refractivity contribution is 5.71. The summed E-state index contributed by atoms with van der Waals surface area (Å²) in [5, 5.41) is 10.6. The smallest absolute Gasteiger partial charge is 0.415 e. The van der Waals surface area contributed by atoms with Crippen LogP contribution in [0.15, 0.2) is 0 Å². The first-order valence-electron chi connectivity index (χ1n) is 3.99. The molecule has 0 rings (SSSR count). The molecule has 84 valence electrons. The number of aliphatic hydroxyl groups is 1. The minimum absolute atomic E-state index is 0.169. The number of rotatable bonds is 5. The molecule has 0 aliphatic heterocycles. The Morgan fingerprint density at radius 3 is 2.57 bits per heavy atom. The normalized spacial score (nSPS) is 13.8. The Hall–Kier alpha value is -0.820. The summed E-state index contributed by atoms with van der Waals surface area (Å²) in [5.41, 5.74) is 0. The van der Waals surface area contributed by atoms with E-state index in [0.29, 0.717) is 0 Å². The quantitative estimate of drug-likeness (QED) is 0.637. The Morgan fingerprint density at radius 1 is 1.57 bits per heavy atom. The molecule has 0 aliphatic carbocycles. The van der Waals surface area contributed by atoms with E-state index in [4.69, 9.17) is 5.11 Å². The van der Waals surface area contributed by atoms with Gasteiger partial charge < -0.3 is 15.2 Å². The summed E-state index contributed by atoms with van der Waals surface area (Å²) in [6.07, 6.45) is -7.13. The van der Waals surface area contributed by atoms with Crippen molar-refractivity contribution in [2.45, 2.75) is 19.2 Å². The van der Waals surface area contributed by atoms with Gasteiger partial charge in [-0.2, -0.15) is 13.2 Å². The fourth-order valence-electron chi connectivity index (χ4n) is 0.639. The van der Waals surface area contributed by atoms with Gasteiger partial charge in [0.05, 0.1) is 13.2 Å². The third kappa shape index (κ3) is 5.76. The molecule has 0 spiro atoms. The molecule has 0 aliphatic rings. The van der Waals surface area contributed by atoms with Crippen LogP contribution in [0.25, 0.3) is 0 Å². The number of carbonyl (C=O) groups is 1. The van der Waals surface area contributed by atoms with Gasteiger partial charge in [-0.1, -0.05) is 0 Å². The number of nitrogens with one attached hydrogen (secondary N) is 1. The van der Waals surface area contributed by atoms with Crippen LogP contribution >= 0.6 is 0 Å². The number of carbonyl (C=O) groups excluding carboxylic acids is 1. The zero-order valence-electron chi connectivity index (χ0n) is 7.60. The number of hydrogen-bond donors (Lipinski definition) is 2. The van der Waals surface area contributed by atoms with E-state index in [-0.39, 0.29) is 13.2 Å². The number of halogens is 3. The van der Waals surface area contributed by atoms with Crippen LogP contribution in [0.5, 0.6) is 0 Å². The summed E-state index contributed by atoms with van der Waals surface area (Å²) < 4.78 is 39.6. The van der Waals surface area contributed by atoms with Crippen molar-refractivity contribution in [3.63, 3.8) is 0 Å². The van der Waals surface area contributed by atoms with Gasteiger partial charge in [0.1, 0.15) is 0 Å². The van der Waals surface area contributed by atoms with Crippen molar-refractivity contribution in [2.24, 2.45) is 0 Å². The molecule has 1 unspecified atom stereocenters. The minimum Gasteiger partial charge on any atom is -0.465 e. The van der Waals surface area contributed by atoms with Crippen molar-refractivity contribution in [3.8, 4) is 0 Å². The minimum atomic E-state index is -4.67. The van der Waals surface area contributed by atoms with Gasteiger partial charge in [-0.05, 0) is 6.92 Å². The van der Waals surface area contributed by atoms with E-state index in [0.717, 1.165) is 0 Å². The average Bonchev–Trinajstić information content (AvgIpc) is 2.02. The second-order valence-corrected chi connectivity index (χ2v) is 2.49. The Bertz CT molecular complexity index is 184. The van der Waals surface area contributed by atoms with E-state index >= 15 is 0 Å². The van der Waals surface area contributed by atoms with Crippen molar-refractivity contribution in [1.82, 2.24) is 5.32 Å². The van der Waals surface area contributed by atoms with Crippen LogP contribution in [0.2, 0.25) is 0 Å². The third-order valence-corrected chi connectivity index (χ3v) is 1.29. The van der Waals surface area contributed by atoms with Crippen LogP contribution in [0.3, 0.4) is 0 Å². The summed E-state index contributed by atoms with van der Waals surface area (Å²) in [4.78, 5) is 10.6. The van der Waals surface area contributed by atoms with Crippen molar-refractivity contribution in [2.75, 3.05) is 19.7 Å². The van der Waals surface area contributed by atoms with Gasteiger partial charge in [0.15, 0.2) is 6.10 Å². The maximum Gasteiger partial charge on any atom is 0.415 e. The monoisotopic (exact) mass is 215 g/mol. The number of hydrogen-bond acceptors (Lipinski definition) is 4. The maximum absolute atomic E-state index is 11.7. The van der Waals surface area contributed by atoms with Gasteiger partial charge in [-0.25, -0.2) is 0 Å². The standard InChI is InChI=1S/C7H12F3NO3/c1-2-14-6(13)4-11-3-5(12)7(8,9)10/h5,11-12H,2-4H2,1H3. The molecule has 0 fully saturated rings. The molecule has 0 bridgehead atoms. The first kappa shape index (κ1) is 13.2. The summed E-state index contributed by atoms with van der Waals surface area (Å²) in [5.74, 6) is -0.651. The van der Waals surface area contributed by atoms with E-state index in [1.807, 2.05) is 0 Å². The van der Waals surface area contributed by atoms with Crippen LogP contribution < -0.4 is 5.32 Å². The highest BCUT2D eigenvalue weighted by Crippen LogP contribution is 2.18. The van der Waals surface area contributed by atoms with Crippen LogP contribution in [-0.2, 0) is 9.53 Å². The molecule has 0 saturated heterocycles. The SMILES string of the molecule is CCOC(=O)CNCC(O)C(F)(F)F. The molecule has 0 saturated carbocycles. The predicted molar refractivity (Wildman–Crippen MR) is 41.6 cm³/mol. The lowest BCUT2D eigenvalue weighted by Crippen LogP contribution is -2.40. The lowest BCUT2D eigenvalue weighted by atomic mass is 10.3. The molecule has 0 amide bonds. The van der Waals surface area contributed by atoms with Gasteiger partial charge in [0.25, 0.3) is 0 Å². The topological polar surface area (TPSA) is 58.6 Å². The third-order valence-electron chi connectivity index (χ3n) is 1.29. The fraction of sp³-hybridized carbons (Fsp3) is 0.857. The Balaban J connectivity index is 3.59. The molecule has 0 aromatic rings. The van der Waals surface area contributed by atoms with Crippen LogP contribution in [0.4, 0.5) is 13.2 Å². The second kappa shape index (κ2) is 5.82. The van der Waals surface area contributed by atoms with Crippen LogP contribution in [0, 0.1) is 0 Å². The van der Waals surface area contributed by atoms with Crippen molar-refractivity contribution >= 4 is 5.97 Å². The van der Waals surface area contributed by atoms with Gasteiger partial charge in [-0.15, -0.1) is 0 Å². The van der Waals surface area contributed by atoms with E-state index in [2.05, 4.69) is 10.1 Å². The number of esters is 1. The Morgan fingerprint density at radius 2 is 2.14 bits per heavy atom. The lowest BCUT2D eigenvalue weighted by molar-refractivity contribution is -0.202. The second-order valence-electron chi connectivity index (χ2n) is 2.49. The predicted octanol–water partition coefficient (Wildman–Crippen LogP) is 0.0623. The summed E-state index contributed by atoms with van der Waals surface area (Å²) in [6, 6.07) is 0. The molecule has 0 heterocycles. The number of aliphatic hydroxyl groups excluding tert-OH is 1. The molecular weight excluding hydrogens is 203 g/mol. The summed E-state index contributed by atoms with van der Waals surface area (Å²) in [7, 11) is 0. The van der Waals surface area contributed by atoms with E-state index in [9.17, 15) is 18.0 Å².